The van der Waals surface area contributed by atoms with Crippen molar-refractivity contribution < 1.29 is 0 Å². The van der Waals surface area contributed by atoms with Gasteiger partial charge in [-0.05, 0) is 42.9 Å². The van der Waals surface area contributed by atoms with Crippen LogP contribution >= 0.6 is 23.8 Å². The largest absolute Gasteiger partial charge is 0.393 e. The van der Waals surface area contributed by atoms with Gasteiger partial charge < -0.3 is 10.3 Å². The van der Waals surface area contributed by atoms with Gasteiger partial charge in [-0.25, -0.2) is 4.98 Å². The zero-order valence-corrected chi connectivity index (χ0v) is 14.7. The molecule has 1 aromatic heterocycles. The minimum absolute atomic E-state index is 0.126. The Hall–Kier alpha value is -1.39. The lowest BCUT2D eigenvalue weighted by Gasteiger charge is -2.29. The summed E-state index contributed by atoms with van der Waals surface area (Å²) in [4.78, 5) is 4.70. The van der Waals surface area contributed by atoms with Crippen molar-refractivity contribution in [2.24, 2.45) is 5.73 Å². The number of hydrogen-bond acceptors (Lipinski definition) is 2. The zero-order chi connectivity index (χ0) is 16.3. The summed E-state index contributed by atoms with van der Waals surface area (Å²) in [6.45, 7) is 0.945. The first-order valence-electron chi connectivity index (χ1n) is 8.16. The lowest BCUT2D eigenvalue weighted by atomic mass is 9.78. The molecule has 3 rings (SSSR count). The average Bonchev–Trinajstić information content (AvgIpc) is 3.20. The Kier molecular flexibility index (Phi) is 5.02. The number of aryl methyl sites for hydroxylation is 2. The summed E-state index contributed by atoms with van der Waals surface area (Å²) in [6.07, 6.45) is 12.1. The minimum atomic E-state index is -0.126. The third-order valence-corrected chi connectivity index (χ3v) is 5.71. The number of rotatable bonds is 6. The Morgan fingerprint density at radius 1 is 1.35 bits per heavy atom. The topological polar surface area (TPSA) is 43.8 Å². The molecule has 5 heteroatoms. The van der Waals surface area contributed by atoms with Crippen LogP contribution in [0.5, 0.6) is 0 Å². The van der Waals surface area contributed by atoms with E-state index in [9.17, 15) is 0 Å². The first-order chi connectivity index (χ1) is 11.1. The predicted octanol–water partition coefficient (Wildman–Crippen LogP) is 4.27. The van der Waals surface area contributed by atoms with E-state index in [1.807, 2.05) is 18.6 Å². The van der Waals surface area contributed by atoms with Crippen LogP contribution in [0.1, 0.15) is 43.2 Å². The van der Waals surface area contributed by atoms with Crippen molar-refractivity contribution in [2.75, 3.05) is 0 Å². The van der Waals surface area contributed by atoms with Gasteiger partial charge in [0.05, 0.1) is 11.3 Å². The molecule has 0 unspecified atom stereocenters. The second-order valence-electron chi connectivity index (χ2n) is 6.36. The highest BCUT2D eigenvalue weighted by atomic mass is 35.5. The normalized spacial score (nSPS) is 16.6. The van der Waals surface area contributed by atoms with Gasteiger partial charge in [0.25, 0.3) is 0 Å². The summed E-state index contributed by atoms with van der Waals surface area (Å²) < 4.78 is 2.09. The number of benzene rings is 1. The monoisotopic (exact) mass is 347 g/mol. The van der Waals surface area contributed by atoms with Gasteiger partial charge >= 0.3 is 0 Å². The van der Waals surface area contributed by atoms with Crippen molar-refractivity contribution in [1.82, 2.24) is 9.55 Å². The third-order valence-electron chi connectivity index (χ3n) is 4.95. The second kappa shape index (κ2) is 7.02. The SMILES string of the molecule is NC(=S)C1(c2ccc(Cl)c(CCCn3ccnc3)c2)CCCC1. The van der Waals surface area contributed by atoms with E-state index in [2.05, 4.69) is 21.7 Å². The summed E-state index contributed by atoms with van der Waals surface area (Å²) in [7, 11) is 0. The highest BCUT2D eigenvalue weighted by Gasteiger charge is 2.38. The summed E-state index contributed by atoms with van der Waals surface area (Å²) >= 11 is 11.8. The average molecular weight is 348 g/mol. The number of thiocarbonyl (C=S) groups is 1. The first-order valence-corrected chi connectivity index (χ1v) is 8.95. The molecular weight excluding hydrogens is 326 g/mol. The van der Waals surface area contributed by atoms with Crippen LogP contribution in [0.3, 0.4) is 0 Å². The number of halogens is 1. The van der Waals surface area contributed by atoms with Gasteiger partial charge in [-0.2, -0.15) is 0 Å². The van der Waals surface area contributed by atoms with E-state index in [1.165, 1.54) is 24.0 Å². The lowest BCUT2D eigenvalue weighted by molar-refractivity contribution is 0.599. The Labute approximate surface area is 147 Å². The van der Waals surface area contributed by atoms with Crippen molar-refractivity contribution >= 4 is 28.8 Å². The molecule has 0 radical (unpaired) electrons. The molecule has 23 heavy (non-hydrogen) atoms. The zero-order valence-electron chi connectivity index (χ0n) is 13.2. The fourth-order valence-corrected chi connectivity index (χ4v) is 4.12. The van der Waals surface area contributed by atoms with Crippen molar-refractivity contribution in [3.63, 3.8) is 0 Å². The van der Waals surface area contributed by atoms with Crippen LogP contribution in [0.2, 0.25) is 5.02 Å². The van der Waals surface area contributed by atoms with Crippen LogP contribution in [0.25, 0.3) is 0 Å². The number of hydrogen-bond donors (Lipinski definition) is 1. The Morgan fingerprint density at radius 3 is 2.78 bits per heavy atom. The summed E-state index contributed by atoms with van der Waals surface area (Å²) in [5.74, 6) is 0. The Morgan fingerprint density at radius 2 is 2.13 bits per heavy atom. The van der Waals surface area contributed by atoms with Gasteiger partial charge in [-0.15, -0.1) is 0 Å². The number of nitrogens with zero attached hydrogens (tertiary/aromatic N) is 2. The molecule has 0 aliphatic heterocycles. The van der Waals surface area contributed by atoms with E-state index < -0.39 is 0 Å². The molecule has 0 amide bonds. The van der Waals surface area contributed by atoms with E-state index in [0.29, 0.717) is 4.99 Å². The van der Waals surface area contributed by atoms with Gasteiger partial charge in [0.2, 0.25) is 0 Å². The third kappa shape index (κ3) is 3.43. The van der Waals surface area contributed by atoms with Crippen LogP contribution in [0.15, 0.2) is 36.9 Å². The van der Waals surface area contributed by atoms with Crippen molar-refractivity contribution in [1.29, 1.82) is 0 Å². The first kappa shape index (κ1) is 16.5. The molecule has 1 saturated carbocycles. The van der Waals surface area contributed by atoms with E-state index in [0.717, 1.165) is 37.3 Å². The van der Waals surface area contributed by atoms with Gasteiger partial charge in [-0.3, -0.25) is 0 Å². The molecule has 0 bridgehead atoms. The number of nitrogens with two attached hydrogens (primary N) is 1. The van der Waals surface area contributed by atoms with Gasteiger partial charge in [0, 0.05) is 29.4 Å². The number of aromatic nitrogens is 2. The Balaban J connectivity index is 1.77. The smallest absolute Gasteiger partial charge is 0.0945 e. The van der Waals surface area contributed by atoms with Crippen molar-refractivity contribution in [2.45, 2.75) is 50.5 Å². The molecule has 1 aromatic carbocycles. The molecule has 0 saturated heterocycles. The molecule has 2 N–H and O–H groups in total. The van der Waals surface area contributed by atoms with Crippen LogP contribution in [0.4, 0.5) is 0 Å². The predicted molar refractivity (Wildman–Crippen MR) is 98.9 cm³/mol. The molecule has 1 aliphatic rings. The molecule has 3 nitrogen and oxygen atoms in total. The summed E-state index contributed by atoms with van der Waals surface area (Å²) in [5.41, 5.74) is 8.41. The maximum absolute atomic E-state index is 6.41. The highest BCUT2D eigenvalue weighted by molar-refractivity contribution is 7.80. The van der Waals surface area contributed by atoms with Gasteiger partial charge in [0.15, 0.2) is 0 Å². The molecule has 122 valence electrons. The van der Waals surface area contributed by atoms with E-state index >= 15 is 0 Å². The number of imidazole rings is 1. The molecule has 1 heterocycles. The van der Waals surface area contributed by atoms with E-state index in [4.69, 9.17) is 29.6 Å². The van der Waals surface area contributed by atoms with Gasteiger partial charge in [0.1, 0.15) is 0 Å². The van der Waals surface area contributed by atoms with E-state index in [-0.39, 0.29) is 5.41 Å². The molecule has 2 aromatic rings. The van der Waals surface area contributed by atoms with Crippen LogP contribution in [-0.4, -0.2) is 14.5 Å². The molecule has 1 fully saturated rings. The van der Waals surface area contributed by atoms with Crippen LogP contribution in [0, 0.1) is 0 Å². The standard InChI is InChI=1S/C18H22ClN3S/c19-16-6-5-15(18(17(20)23)7-1-2-8-18)12-14(16)4-3-10-22-11-9-21-13-22/h5-6,9,11-13H,1-4,7-8,10H2,(H2,20,23). The van der Waals surface area contributed by atoms with Gasteiger partial charge in [-0.1, -0.05) is 48.8 Å². The lowest BCUT2D eigenvalue weighted by Crippen LogP contribution is -2.37. The maximum atomic E-state index is 6.41. The fraction of sp³-hybridized carbons (Fsp3) is 0.444. The second-order valence-corrected chi connectivity index (χ2v) is 7.21. The minimum Gasteiger partial charge on any atom is -0.393 e. The van der Waals surface area contributed by atoms with E-state index in [1.54, 1.807) is 6.20 Å². The quantitative estimate of drug-likeness (QED) is 0.794. The molecule has 0 atom stereocenters. The molecule has 0 spiro atoms. The molecular formula is C18H22ClN3S. The van der Waals surface area contributed by atoms with Crippen LogP contribution in [-0.2, 0) is 18.4 Å². The summed E-state index contributed by atoms with van der Waals surface area (Å²) in [6, 6.07) is 6.33. The maximum Gasteiger partial charge on any atom is 0.0945 e. The highest BCUT2D eigenvalue weighted by Crippen LogP contribution is 2.42. The Bertz CT molecular complexity index is 676. The fourth-order valence-electron chi connectivity index (χ4n) is 3.59. The molecule has 1 aliphatic carbocycles. The van der Waals surface area contributed by atoms with Crippen molar-refractivity contribution in [3.8, 4) is 0 Å². The summed E-state index contributed by atoms with van der Waals surface area (Å²) in [5, 5.41) is 0.829. The van der Waals surface area contributed by atoms with Crippen LogP contribution < -0.4 is 5.73 Å². The van der Waals surface area contributed by atoms with Crippen molar-refractivity contribution in [3.05, 3.63) is 53.1 Å².